The Morgan fingerprint density at radius 3 is 2.69 bits per heavy atom. The van der Waals surface area contributed by atoms with Gasteiger partial charge in [-0.15, -0.1) is 0 Å². The first-order valence-corrected chi connectivity index (χ1v) is 4.43. The summed E-state index contributed by atoms with van der Waals surface area (Å²) in [6, 6.07) is 2.01. The van der Waals surface area contributed by atoms with E-state index < -0.39 is 0 Å². The summed E-state index contributed by atoms with van der Waals surface area (Å²) in [5, 5.41) is 0.526. The van der Waals surface area contributed by atoms with E-state index in [-0.39, 0.29) is 0 Å². The van der Waals surface area contributed by atoms with Crippen molar-refractivity contribution in [1.29, 1.82) is 0 Å². The molecule has 0 aliphatic carbocycles. The Labute approximate surface area is 81.4 Å². The number of rotatable bonds is 0. The highest BCUT2D eigenvalue weighted by atomic mass is 35.5. The number of halogens is 1. The summed E-state index contributed by atoms with van der Waals surface area (Å²) >= 11 is 6.01. The van der Waals surface area contributed by atoms with Crippen LogP contribution in [0.4, 0.5) is 0 Å². The molecule has 2 aromatic rings. The standard InChI is InChI=1S/C9H10ClN3/c1-5-4-7-8(13(5)3)9(10)12-6(2)11-7/h4H,1-3H3. The highest BCUT2D eigenvalue weighted by Crippen LogP contribution is 2.22. The Morgan fingerprint density at radius 2 is 2.00 bits per heavy atom. The second-order valence-corrected chi connectivity index (χ2v) is 3.50. The molecule has 0 amide bonds. The molecule has 2 heterocycles. The number of hydrogen-bond acceptors (Lipinski definition) is 2. The van der Waals surface area contributed by atoms with E-state index in [4.69, 9.17) is 11.6 Å². The third kappa shape index (κ3) is 1.20. The van der Waals surface area contributed by atoms with Crippen molar-refractivity contribution in [3.63, 3.8) is 0 Å². The predicted octanol–water partition coefficient (Wildman–Crippen LogP) is 2.24. The number of nitrogens with zero attached hydrogens (tertiary/aromatic N) is 3. The van der Waals surface area contributed by atoms with Crippen LogP contribution in [0.25, 0.3) is 11.0 Å². The molecule has 0 saturated carbocycles. The van der Waals surface area contributed by atoms with E-state index in [2.05, 4.69) is 9.97 Å². The highest BCUT2D eigenvalue weighted by molar-refractivity contribution is 6.33. The number of hydrogen-bond donors (Lipinski definition) is 0. The van der Waals surface area contributed by atoms with Crippen LogP contribution in [-0.2, 0) is 7.05 Å². The van der Waals surface area contributed by atoms with E-state index in [1.165, 1.54) is 0 Å². The molecular formula is C9H10ClN3. The molecule has 68 valence electrons. The van der Waals surface area contributed by atoms with E-state index in [0.717, 1.165) is 16.7 Å². The van der Waals surface area contributed by atoms with Crippen LogP contribution in [0, 0.1) is 13.8 Å². The molecule has 3 nitrogen and oxygen atoms in total. The van der Waals surface area contributed by atoms with Gasteiger partial charge in [0.25, 0.3) is 0 Å². The van der Waals surface area contributed by atoms with Crippen LogP contribution in [0.5, 0.6) is 0 Å². The zero-order chi connectivity index (χ0) is 9.59. The summed E-state index contributed by atoms with van der Waals surface area (Å²) in [6.45, 7) is 3.86. The largest absolute Gasteiger partial charge is 0.344 e. The normalized spacial score (nSPS) is 11.1. The third-order valence-electron chi connectivity index (χ3n) is 2.19. The van der Waals surface area contributed by atoms with Crippen LogP contribution in [0.15, 0.2) is 6.07 Å². The number of aryl methyl sites for hydroxylation is 3. The van der Waals surface area contributed by atoms with Crippen LogP contribution < -0.4 is 0 Å². The fourth-order valence-electron chi connectivity index (χ4n) is 1.43. The van der Waals surface area contributed by atoms with Gasteiger partial charge in [-0.3, -0.25) is 0 Å². The summed E-state index contributed by atoms with van der Waals surface area (Å²) < 4.78 is 2.00. The lowest BCUT2D eigenvalue weighted by Gasteiger charge is -2.00. The molecule has 13 heavy (non-hydrogen) atoms. The fraction of sp³-hybridized carbons (Fsp3) is 0.333. The van der Waals surface area contributed by atoms with Crippen LogP contribution in [0.1, 0.15) is 11.5 Å². The average Bonchev–Trinajstić information content (AvgIpc) is 2.27. The third-order valence-corrected chi connectivity index (χ3v) is 2.45. The molecule has 0 fully saturated rings. The highest BCUT2D eigenvalue weighted by Gasteiger charge is 2.08. The number of fused-ring (bicyclic) bond motifs is 1. The van der Waals surface area contributed by atoms with Gasteiger partial charge in [-0.25, -0.2) is 9.97 Å². The van der Waals surface area contributed by atoms with Gasteiger partial charge in [-0.05, 0) is 19.9 Å². The Hall–Kier alpha value is -1.09. The maximum absolute atomic E-state index is 6.01. The molecule has 0 unspecified atom stereocenters. The molecule has 0 aliphatic heterocycles. The van der Waals surface area contributed by atoms with Crippen molar-refractivity contribution in [2.45, 2.75) is 13.8 Å². The Balaban J connectivity index is 2.94. The van der Waals surface area contributed by atoms with E-state index in [1.54, 1.807) is 0 Å². The summed E-state index contributed by atoms with van der Waals surface area (Å²) in [5.74, 6) is 0.711. The molecule has 0 bridgehead atoms. The van der Waals surface area contributed by atoms with Crippen molar-refractivity contribution >= 4 is 22.6 Å². The van der Waals surface area contributed by atoms with Gasteiger partial charge in [-0.2, -0.15) is 0 Å². The van der Waals surface area contributed by atoms with Crippen molar-refractivity contribution in [2.75, 3.05) is 0 Å². The van der Waals surface area contributed by atoms with Crippen molar-refractivity contribution in [2.24, 2.45) is 7.05 Å². The summed E-state index contributed by atoms with van der Waals surface area (Å²) in [7, 11) is 1.96. The van der Waals surface area contributed by atoms with Crippen LogP contribution in [-0.4, -0.2) is 14.5 Å². The van der Waals surface area contributed by atoms with E-state index in [0.29, 0.717) is 11.0 Å². The minimum atomic E-state index is 0.526. The van der Waals surface area contributed by atoms with Crippen LogP contribution >= 0.6 is 11.6 Å². The topological polar surface area (TPSA) is 30.7 Å². The average molecular weight is 196 g/mol. The van der Waals surface area contributed by atoms with Gasteiger partial charge in [0, 0.05) is 12.7 Å². The Bertz CT molecular complexity index is 473. The number of aromatic nitrogens is 3. The molecule has 4 heteroatoms. The van der Waals surface area contributed by atoms with Gasteiger partial charge < -0.3 is 4.57 Å². The molecule has 0 aliphatic rings. The fourth-order valence-corrected chi connectivity index (χ4v) is 1.78. The van der Waals surface area contributed by atoms with Gasteiger partial charge in [0.1, 0.15) is 11.3 Å². The lowest BCUT2D eigenvalue weighted by atomic mass is 10.4. The van der Waals surface area contributed by atoms with Gasteiger partial charge in [-0.1, -0.05) is 11.6 Å². The maximum Gasteiger partial charge on any atom is 0.157 e. The lowest BCUT2D eigenvalue weighted by molar-refractivity contribution is 0.912. The van der Waals surface area contributed by atoms with E-state index >= 15 is 0 Å². The summed E-state index contributed by atoms with van der Waals surface area (Å²) in [6.07, 6.45) is 0. The smallest absolute Gasteiger partial charge is 0.157 e. The van der Waals surface area contributed by atoms with E-state index in [1.807, 2.05) is 31.5 Å². The van der Waals surface area contributed by atoms with Crippen molar-refractivity contribution < 1.29 is 0 Å². The summed E-state index contributed by atoms with van der Waals surface area (Å²) in [4.78, 5) is 8.41. The first kappa shape index (κ1) is 8.51. The maximum atomic E-state index is 6.01. The minimum absolute atomic E-state index is 0.526. The van der Waals surface area contributed by atoms with Gasteiger partial charge in [0.05, 0.1) is 5.52 Å². The predicted molar refractivity (Wildman–Crippen MR) is 53.0 cm³/mol. The Morgan fingerprint density at radius 1 is 1.31 bits per heavy atom. The first-order chi connectivity index (χ1) is 6.09. The molecule has 2 aromatic heterocycles. The Kier molecular flexibility index (Phi) is 1.77. The second kappa shape index (κ2) is 2.70. The molecule has 0 radical (unpaired) electrons. The second-order valence-electron chi connectivity index (χ2n) is 3.14. The molecule has 0 atom stereocenters. The van der Waals surface area contributed by atoms with Gasteiger partial charge >= 0.3 is 0 Å². The molecule has 0 N–H and O–H groups in total. The summed E-state index contributed by atoms with van der Waals surface area (Å²) in [5.41, 5.74) is 2.96. The van der Waals surface area contributed by atoms with Gasteiger partial charge in [0.15, 0.2) is 5.15 Å². The monoisotopic (exact) mass is 195 g/mol. The zero-order valence-electron chi connectivity index (χ0n) is 7.80. The van der Waals surface area contributed by atoms with Crippen molar-refractivity contribution in [3.05, 3.63) is 22.7 Å². The van der Waals surface area contributed by atoms with E-state index in [9.17, 15) is 0 Å². The van der Waals surface area contributed by atoms with Gasteiger partial charge in [0.2, 0.25) is 0 Å². The van der Waals surface area contributed by atoms with Crippen LogP contribution in [0.3, 0.4) is 0 Å². The molecule has 0 spiro atoms. The lowest BCUT2D eigenvalue weighted by Crippen LogP contribution is -1.94. The first-order valence-electron chi connectivity index (χ1n) is 4.06. The molecular weight excluding hydrogens is 186 g/mol. The molecule has 2 rings (SSSR count). The molecule has 0 saturated heterocycles. The van der Waals surface area contributed by atoms with Crippen LogP contribution in [0.2, 0.25) is 5.15 Å². The van der Waals surface area contributed by atoms with Crippen molar-refractivity contribution in [3.8, 4) is 0 Å². The zero-order valence-corrected chi connectivity index (χ0v) is 8.55. The van der Waals surface area contributed by atoms with Crippen molar-refractivity contribution in [1.82, 2.24) is 14.5 Å². The minimum Gasteiger partial charge on any atom is -0.344 e. The molecule has 0 aromatic carbocycles. The SMILES string of the molecule is Cc1nc(Cl)c2c(cc(C)n2C)n1. The quantitative estimate of drug-likeness (QED) is 0.604.